The van der Waals surface area contributed by atoms with Crippen LogP contribution in [0.4, 0.5) is 5.69 Å². The molecule has 0 heterocycles. The summed E-state index contributed by atoms with van der Waals surface area (Å²) in [6, 6.07) is 5.39. The number of methoxy groups -OCH3 is 1. The summed E-state index contributed by atoms with van der Waals surface area (Å²) >= 11 is 5.49. The molecule has 0 aliphatic heterocycles. The van der Waals surface area contributed by atoms with E-state index in [0.29, 0.717) is 11.3 Å². The molecule has 1 unspecified atom stereocenters. The van der Waals surface area contributed by atoms with E-state index in [4.69, 9.17) is 16.3 Å². The van der Waals surface area contributed by atoms with Crippen molar-refractivity contribution in [1.82, 2.24) is 0 Å². The number of carbonyl (C=O) groups is 1. The molecule has 1 aromatic carbocycles. The molecule has 0 saturated heterocycles. The minimum Gasteiger partial charge on any atom is -0.465 e. The minimum atomic E-state index is -0.650. The first-order chi connectivity index (χ1) is 8.08. The number of alkyl halides is 1. The lowest BCUT2D eigenvalue weighted by atomic mass is 10.1. The number of aliphatic hydroxyl groups is 1. The average Bonchev–Trinajstić information content (AvgIpc) is 2.35. The molecular weight excluding hydrogens is 242 g/mol. The lowest BCUT2D eigenvalue weighted by molar-refractivity contribution is 0.0601. The third kappa shape index (κ3) is 3.91. The molecule has 1 atom stereocenters. The molecule has 0 fully saturated rings. The van der Waals surface area contributed by atoms with Crippen LogP contribution >= 0.6 is 11.6 Å². The molecule has 0 aliphatic rings. The van der Waals surface area contributed by atoms with Gasteiger partial charge in [-0.1, -0.05) is 11.6 Å². The summed E-state index contributed by atoms with van der Waals surface area (Å²) in [5, 5.41) is 12.3. The van der Waals surface area contributed by atoms with E-state index >= 15 is 0 Å². The zero-order valence-corrected chi connectivity index (χ0v) is 10.6. The van der Waals surface area contributed by atoms with Gasteiger partial charge in [0.15, 0.2) is 0 Å². The van der Waals surface area contributed by atoms with Gasteiger partial charge in [0.2, 0.25) is 0 Å². The summed E-state index contributed by atoms with van der Waals surface area (Å²) < 4.78 is 4.70. The Kier molecular flexibility index (Phi) is 5.25. The Labute approximate surface area is 106 Å². The van der Waals surface area contributed by atoms with Crippen molar-refractivity contribution in [2.75, 3.05) is 24.9 Å². The first-order valence-electron chi connectivity index (χ1n) is 5.25. The van der Waals surface area contributed by atoms with Gasteiger partial charge in [0.05, 0.1) is 24.7 Å². The molecule has 2 N–H and O–H groups in total. The third-order valence-electron chi connectivity index (χ3n) is 2.29. The van der Waals surface area contributed by atoms with Gasteiger partial charge in [0, 0.05) is 12.2 Å². The van der Waals surface area contributed by atoms with E-state index in [0.717, 1.165) is 5.56 Å². The highest BCUT2D eigenvalue weighted by atomic mass is 35.5. The molecule has 0 aromatic heterocycles. The molecule has 0 saturated carbocycles. The normalized spacial score (nSPS) is 12.0. The van der Waals surface area contributed by atoms with Crippen molar-refractivity contribution in [2.45, 2.75) is 13.0 Å². The molecule has 17 heavy (non-hydrogen) atoms. The molecule has 0 spiro atoms. The maximum Gasteiger partial charge on any atom is 0.339 e. The number of esters is 1. The number of halogens is 1. The third-order valence-corrected chi connectivity index (χ3v) is 2.64. The van der Waals surface area contributed by atoms with E-state index in [9.17, 15) is 9.90 Å². The number of hydrogen-bond donors (Lipinski definition) is 2. The molecule has 94 valence electrons. The van der Waals surface area contributed by atoms with Crippen molar-refractivity contribution >= 4 is 23.3 Å². The number of aryl methyl sites for hydroxylation is 1. The van der Waals surface area contributed by atoms with Crippen molar-refractivity contribution in [3.63, 3.8) is 0 Å². The topological polar surface area (TPSA) is 58.6 Å². The van der Waals surface area contributed by atoms with Crippen LogP contribution in [0.15, 0.2) is 18.2 Å². The Balaban J connectivity index is 2.86. The molecule has 5 heteroatoms. The van der Waals surface area contributed by atoms with Crippen LogP contribution in [-0.2, 0) is 4.74 Å². The molecule has 1 aromatic rings. The van der Waals surface area contributed by atoms with Gasteiger partial charge in [-0.15, -0.1) is 11.6 Å². The van der Waals surface area contributed by atoms with Crippen molar-refractivity contribution in [3.05, 3.63) is 29.3 Å². The Morgan fingerprint density at radius 3 is 2.88 bits per heavy atom. The number of rotatable bonds is 5. The second-order valence-corrected chi connectivity index (χ2v) is 4.04. The minimum absolute atomic E-state index is 0.145. The average molecular weight is 258 g/mol. The molecule has 0 amide bonds. The monoisotopic (exact) mass is 257 g/mol. The summed E-state index contributed by atoms with van der Waals surface area (Å²) in [7, 11) is 1.34. The van der Waals surface area contributed by atoms with Crippen molar-refractivity contribution in [3.8, 4) is 0 Å². The fourth-order valence-corrected chi connectivity index (χ4v) is 1.48. The molecule has 1 rings (SSSR count). The van der Waals surface area contributed by atoms with Gasteiger partial charge in [0.25, 0.3) is 0 Å². The molecule has 0 bridgehead atoms. The van der Waals surface area contributed by atoms with Crippen LogP contribution in [0.2, 0.25) is 0 Å². The van der Waals surface area contributed by atoms with Crippen molar-refractivity contribution in [1.29, 1.82) is 0 Å². The van der Waals surface area contributed by atoms with Crippen LogP contribution in [0.3, 0.4) is 0 Å². The van der Waals surface area contributed by atoms with Crippen LogP contribution in [0.25, 0.3) is 0 Å². The van der Waals surface area contributed by atoms with Gasteiger partial charge >= 0.3 is 5.97 Å². The summed E-state index contributed by atoms with van der Waals surface area (Å²) in [5.74, 6) is -0.261. The number of nitrogens with one attached hydrogen (secondary N) is 1. The lowest BCUT2D eigenvalue weighted by Crippen LogP contribution is -2.22. The van der Waals surface area contributed by atoms with Crippen molar-refractivity contribution < 1.29 is 14.6 Å². The van der Waals surface area contributed by atoms with Gasteiger partial charge < -0.3 is 15.2 Å². The zero-order valence-electron chi connectivity index (χ0n) is 9.87. The molecule has 0 aliphatic carbocycles. The zero-order chi connectivity index (χ0) is 12.8. The largest absolute Gasteiger partial charge is 0.465 e. The van der Waals surface area contributed by atoms with E-state index in [2.05, 4.69) is 5.32 Å². The first kappa shape index (κ1) is 13.8. The number of aliphatic hydroxyl groups excluding tert-OH is 1. The number of carbonyl (C=O) groups excluding carboxylic acids is 1. The Morgan fingerprint density at radius 2 is 2.29 bits per heavy atom. The van der Waals surface area contributed by atoms with Gasteiger partial charge in [-0.3, -0.25) is 0 Å². The summed E-state index contributed by atoms with van der Waals surface area (Å²) in [6.45, 7) is 2.18. The maximum absolute atomic E-state index is 11.5. The van der Waals surface area contributed by atoms with E-state index in [1.807, 2.05) is 13.0 Å². The predicted molar refractivity (Wildman–Crippen MR) is 67.7 cm³/mol. The highest BCUT2D eigenvalue weighted by Crippen LogP contribution is 2.18. The Morgan fingerprint density at radius 1 is 1.59 bits per heavy atom. The number of hydrogen-bond acceptors (Lipinski definition) is 4. The van der Waals surface area contributed by atoms with Gasteiger partial charge in [-0.2, -0.15) is 0 Å². The van der Waals surface area contributed by atoms with Gasteiger partial charge in [-0.05, 0) is 19.1 Å². The van der Waals surface area contributed by atoms with E-state index in [1.54, 1.807) is 12.1 Å². The summed E-state index contributed by atoms with van der Waals surface area (Å²) in [6.07, 6.45) is -0.650. The van der Waals surface area contributed by atoms with E-state index in [1.165, 1.54) is 7.11 Å². The number of benzene rings is 1. The fourth-order valence-electron chi connectivity index (χ4n) is 1.37. The van der Waals surface area contributed by atoms with Crippen LogP contribution in [0, 0.1) is 6.92 Å². The second-order valence-electron chi connectivity index (χ2n) is 3.73. The van der Waals surface area contributed by atoms with Crippen LogP contribution in [0.5, 0.6) is 0 Å². The lowest BCUT2D eigenvalue weighted by Gasteiger charge is -2.13. The van der Waals surface area contributed by atoms with Crippen molar-refractivity contribution in [2.24, 2.45) is 0 Å². The predicted octanol–water partition coefficient (Wildman–Crippen LogP) is 1.79. The fraction of sp³-hybridized carbons (Fsp3) is 0.417. The quantitative estimate of drug-likeness (QED) is 0.624. The second kappa shape index (κ2) is 6.47. The van der Waals surface area contributed by atoms with Gasteiger partial charge in [-0.25, -0.2) is 4.79 Å². The molecule has 4 nitrogen and oxygen atoms in total. The highest BCUT2D eigenvalue weighted by Gasteiger charge is 2.12. The Bertz CT molecular complexity index is 395. The summed E-state index contributed by atoms with van der Waals surface area (Å²) in [4.78, 5) is 11.5. The van der Waals surface area contributed by atoms with E-state index in [-0.39, 0.29) is 12.4 Å². The van der Waals surface area contributed by atoms with Gasteiger partial charge in [0.1, 0.15) is 0 Å². The smallest absolute Gasteiger partial charge is 0.339 e. The Hall–Kier alpha value is -1.26. The molecule has 0 radical (unpaired) electrons. The summed E-state index contributed by atoms with van der Waals surface area (Å²) in [5.41, 5.74) is 2.05. The van der Waals surface area contributed by atoms with Crippen LogP contribution in [-0.4, -0.2) is 36.7 Å². The van der Waals surface area contributed by atoms with E-state index < -0.39 is 12.1 Å². The maximum atomic E-state index is 11.5. The number of anilines is 1. The van der Waals surface area contributed by atoms with Crippen LogP contribution in [0.1, 0.15) is 15.9 Å². The highest BCUT2D eigenvalue weighted by molar-refractivity contribution is 6.18. The van der Waals surface area contributed by atoms with Crippen LogP contribution < -0.4 is 5.32 Å². The number of ether oxygens (including phenoxy) is 1. The first-order valence-corrected chi connectivity index (χ1v) is 5.78. The standard InChI is InChI=1S/C12H16ClNO3/c1-8-3-4-11(14-7-9(15)6-13)10(5-8)12(16)17-2/h3-5,9,14-15H,6-7H2,1-2H3. The SMILES string of the molecule is COC(=O)c1cc(C)ccc1NCC(O)CCl. The molecular formula is C12H16ClNO3.